The molecule has 0 radical (unpaired) electrons. The van der Waals surface area contributed by atoms with E-state index in [1.165, 1.54) is 6.33 Å². The number of alkyl carbamates (subject to hydrolysis) is 1. The summed E-state index contributed by atoms with van der Waals surface area (Å²) in [6.07, 6.45) is 0.667. The van der Waals surface area contributed by atoms with Crippen molar-refractivity contribution in [2.75, 3.05) is 11.5 Å². The lowest BCUT2D eigenvalue weighted by atomic mass is 10.1. The quantitative estimate of drug-likeness (QED) is 0.621. The minimum atomic E-state index is -0.580. The molecule has 2 aromatic heterocycles. The number of anilines is 2. The van der Waals surface area contributed by atoms with E-state index in [2.05, 4.69) is 15.3 Å². The second-order valence-electron chi connectivity index (χ2n) is 6.02. The fourth-order valence-electron chi connectivity index (χ4n) is 1.87. The molecule has 6 N–H and O–H groups in total. The van der Waals surface area contributed by atoms with Gasteiger partial charge in [-0.05, 0) is 32.9 Å². The Balaban J connectivity index is 2.06. The van der Waals surface area contributed by atoms with Gasteiger partial charge in [0.2, 0.25) is 0 Å². The summed E-state index contributed by atoms with van der Waals surface area (Å²) < 4.78 is 10.7. The molecule has 2 aromatic rings. The van der Waals surface area contributed by atoms with Gasteiger partial charge in [-0.2, -0.15) is 0 Å². The molecule has 0 spiro atoms. The zero-order valence-electron chi connectivity index (χ0n) is 13.7. The number of aromatic nitrogens is 2. The topological polar surface area (TPSA) is 153 Å². The van der Waals surface area contributed by atoms with Crippen LogP contribution in [0.1, 0.15) is 37.9 Å². The Morgan fingerprint density at radius 1 is 1.29 bits per heavy atom. The Labute approximate surface area is 138 Å². The maximum Gasteiger partial charge on any atom is 0.408 e. The molecule has 0 saturated heterocycles. The number of carbonyl (C=O) groups is 1. The van der Waals surface area contributed by atoms with Crippen LogP contribution in [-0.4, -0.2) is 27.4 Å². The summed E-state index contributed by atoms with van der Waals surface area (Å²) >= 11 is 0. The highest BCUT2D eigenvalue weighted by Crippen LogP contribution is 2.20. The van der Waals surface area contributed by atoms with Crippen LogP contribution in [0.4, 0.5) is 16.4 Å². The number of rotatable bonds is 4. The molecule has 0 aliphatic carbocycles. The van der Waals surface area contributed by atoms with Crippen molar-refractivity contribution in [1.29, 1.82) is 5.41 Å². The third-order valence-corrected chi connectivity index (χ3v) is 2.87. The van der Waals surface area contributed by atoms with Gasteiger partial charge in [-0.3, -0.25) is 5.41 Å². The monoisotopic (exact) mass is 332 g/mol. The molecule has 0 fully saturated rings. The normalized spacial score (nSPS) is 11.1. The molecule has 0 saturated carbocycles. The molecule has 0 unspecified atom stereocenters. The summed E-state index contributed by atoms with van der Waals surface area (Å²) in [6, 6.07) is 3.22. The number of nitrogen functional groups attached to an aromatic ring is 2. The minimum absolute atomic E-state index is 0.0332. The largest absolute Gasteiger partial charge is 0.458 e. The van der Waals surface area contributed by atoms with Gasteiger partial charge in [0, 0.05) is 0 Å². The molecule has 0 aliphatic rings. The maximum atomic E-state index is 11.6. The van der Waals surface area contributed by atoms with Crippen LogP contribution in [0.15, 0.2) is 22.9 Å². The highest BCUT2D eigenvalue weighted by molar-refractivity contribution is 6.14. The van der Waals surface area contributed by atoms with E-state index < -0.39 is 11.7 Å². The molecule has 9 nitrogen and oxygen atoms in total. The van der Waals surface area contributed by atoms with Crippen LogP contribution in [-0.2, 0) is 11.3 Å². The van der Waals surface area contributed by atoms with Crippen LogP contribution in [0.25, 0.3) is 0 Å². The first-order chi connectivity index (χ1) is 11.2. The second-order valence-corrected chi connectivity index (χ2v) is 6.02. The Hall–Kier alpha value is -3.10. The Morgan fingerprint density at radius 2 is 1.92 bits per heavy atom. The molecule has 9 heteroatoms. The predicted molar refractivity (Wildman–Crippen MR) is 88.6 cm³/mol. The highest BCUT2D eigenvalue weighted by Gasteiger charge is 2.19. The molecule has 0 aliphatic heterocycles. The predicted octanol–water partition coefficient (Wildman–Crippen LogP) is 1.67. The second kappa shape index (κ2) is 6.57. The minimum Gasteiger partial charge on any atom is -0.458 e. The van der Waals surface area contributed by atoms with Crippen LogP contribution in [0.3, 0.4) is 0 Å². The third kappa shape index (κ3) is 4.22. The van der Waals surface area contributed by atoms with Crippen LogP contribution in [0.2, 0.25) is 0 Å². The first kappa shape index (κ1) is 17.3. The van der Waals surface area contributed by atoms with Gasteiger partial charge in [0.25, 0.3) is 0 Å². The zero-order chi connectivity index (χ0) is 17.9. The van der Waals surface area contributed by atoms with E-state index in [9.17, 15) is 4.79 Å². The standard InChI is InChI=1S/C15H20N6O3/c1-15(2,3)24-14(22)19-6-8-4-5-9(23-8)11(16)10-12(17)20-7-21-13(10)18/h4-5,7,16H,6H2,1-3H3,(H,19,22)(H4,17,18,20,21). The van der Waals surface area contributed by atoms with Gasteiger partial charge in [-0.15, -0.1) is 0 Å². The summed E-state index contributed by atoms with van der Waals surface area (Å²) in [4.78, 5) is 19.3. The van der Waals surface area contributed by atoms with Crippen molar-refractivity contribution >= 4 is 23.4 Å². The zero-order valence-corrected chi connectivity index (χ0v) is 13.7. The van der Waals surface area contributed by atoms with E-state index in [1.54, 1.807) is 32.9 Å². The van der Waals surface area contributed by atoms with Crippen molar-refractivity contribution in [3.05, 3.63) is 35.5 Å². The van der Waals surface area contributed by atoms with Gasteiger partial charge in [-0.1, -0.05) is 0 Å². The number of furan rings is 1. The van der Waals surface area contributed by atoms with Crippen molar-refractivity contribution in [2.24, 2.45) is 0 Å². The smallest absolute Gasteiger partial charge is 0.408 e. The van der Waals surface area contributed by atoms with Crippen molar-refractivity contribution in [3.8, 4) is 0 Å². The van der Waals surface area contributed by atoms with Gasteiger partial charge in [-0.25, -0.2) is 14.8 Å². The van der Waals surface area contributed by atoms with Gasteiger partial charge < -0.3 is 25.9 Å². The number of nitrogens with zero attached hydrogens (tertiary/aromatic N) is 2. The molecule has 2 heterocycles. The summed E-state index contributed by atoms with van der Waals surface area (Å²) in [6.45, 7) is 5.44. The average Bonchev–Trinajstić information content (AvgIpc) is 2.92. The number of carbonyl (C=O) groups excluding carboxylic acids is 1. The summed E-state index contributed by atoms with van der Waals surface area (Å²) in [5, 5.41) is 10.7. The Morgan fingerprint density at radius 3 is 2.50 bits per heavy atom. The lowest BCUT2D eigenvalue weighted by molar-refractivity contribution is 0.0520. The summed E-state index contributed by atoms with van der Waals surface area (Å²) in [5.41, 5.74) is 11.1. The van der Waals surface area contributed by atoms with Crippen molar-refractivity contribution in [3.63, 3.8) is 0 Å². The Bertz CT molecular complexity index is 743. The van der Waals surface area contributed by atoms with Crippen LogP contribution in [0, 0.1) is 5.41 Å². The molecular formula is C15H20N6O3. The van der Waals surface area contributed by atoms with Crippen molar-refractivity contribution in [1.82, 2.24) is 15.3 Å². The lowest BCUT2D eigenvalue weighted by Gasteiger charge is -2.19. The van der Waals surface area contributed by atoms with Gasteiger partial charge in [0.1, 0.15) is 35.0 Å². The average molecular weight is 332 g/mol. The van der Waals surface area contributed by atoms with Gasteiger partial charge >= 0.3 is 6.09 Å². The molecule has 2 rings (SSSR count). The first-order valence-corrected chi connectivity index (χ1v) is 7.18. The summed E-state index contributed by atoms with van der Waals surface area (Å²) in [5.74, 6) is 0.883. The number of nitrogens with one attached hydrogen (secondary N) is 2. The number of amides is 1. The van der Waals surface area contributed by atoms with E-state index in [0.717, 1.165) is 0 Å². The molecule has 128 valence electrons. The molecule has 0 atom stereocenters. The van der Waals surface area contributed by atoms with Crippen LogP contribution >= 0.6 is 0 Å². The van der Waals surface area contributed by atoms with Crippen molar-refractivity contribution < 1.29 is 13.9 Å². The van der Waals surface area contributed by atoms with E-state index >= 15 is 0 Å². The number of hydrogen-bond donors (Lipinski definition) is 4. The van der Waals surface area contributed by atoms with Crippen LogP contribution in [0.5, 0.6) is 0 Å². The highest BCUT2D eigenvalue weighted by atomic mass is 16.6. The fraction of sp³-hybridized carbons (Fsp3) is 0.333. The molecule has 1 amide bonds. The molecule has 24 heavy (non-hydrogen) atoms. The number of ether oxygens (including phenoxy) is 1. The van der Waals surface area contributed by atoms with E-state index in [-0.39, 0.29) is 35.2 Å². The van der Waals surface area contributed by atoms with E-state index in [1.807, 2.05) is 0 Å². The van der Waals surface area contributed by atoms with Gasteiger partial charge in [0.15, 0.2) is 5.76 Å². The molecule has 0 aromatic carbocycles. The summed E-state index contributed by atoms with van der Waals surface area (Å²) in [7, 11) is 0. The molecular weight excluding hydrogens is 312 g/mol. The number of nitrogens with two attached hydrogens (primary N) is 2. The fourth-order valence-corrected chi connectivity index (χ4v) is 1.87. The van der Waals surface area contributed by atoms with E-state index in [0.29, 0.717) is 5.76 Å². The van der Waals surface area contributed by atoms with Gasteiger partial charge in [0.05, 0.1) is 12.1 Å². The SMILES string of the molecule is CC(C)(C)OC(=O)NCc1ccc(C(=N)c2c(N)ncnc2N)o1. The Kier molecular flexibility index (Phi) is 4.72. The first-order valence-electron chi connectivity index (χ1n) is 7.18. The van der Waals surface area contributed by atoms with Crippen molar-refractivity contribution in [2.45, 2.75) is 32.9 Å². The lowest BCUT2D eigenvalue weighted by Crippen LogP contribution is -2.32. The van der Waals surface area contributed by atoms with E-state index in [4.69, 9.17) is 26.0 Å². The molecule has 0 bridgehead atoms. The third-order valence-electron chi connectivity index (χ3n) is 2.87. The number of hydrogen-bond acceptors (Lipinski definition) is 8. The van der Waals surface area contributed by atoms with Crippen LogP contribution < -0.4 is 16.8 Å². The maximum absolute atomic E-state index is 11.6.